The molecule has 1 fully saturated rings. The number of carbonyl (C=O) groups excluding carboxylic acids is 1. The molecule has 0 aromatic heterocycles. The summed E-state index contributed by atoms with van der Waals surface area (Å²) in [6.45, 7) is 2.42. The van der Waals surface area contributed by atoms with E-state index in [0.717, 1.165) is 6.54 Å². The molecule has 1 aliphatic carbocycles. The lowest BCUT2D eigenvalue weighted by Gasteiger charge is -2.30. The fourth-order valence-corrected chi connectivity index (χ4v) is 2.17. The van der Waals surface area contributed by atoms with Gasteiger partial charge in [-0.3, -0.25) is 4.79 Å². The van der Waals surface area contributed by atoms with E-state index >= 15 is 0 Å². The minimum atomic E-state index is 0.0815. The molecule has 0 aromatic rings. The van der Waals surface area contributed by atoms with E-state index in [1.54, 1.807) is 6.92 Å². The van der Waals surface area contributed by atoms with Gasteiger partial charge in [0.15, 0.2) is 0 Å². The Kier molecular flexibility index (Phi) is 2.72. The average molecular weight is 206 g/mol. The zero-order valence-corrected chi connectivity index (χ0v) is 7.65. The summed E-state index contributed by atoms with van der Waals surface area (Å²) >= 11 is 3.49. The summed E-state index contributed by atoms with van der Waals surface area (Å²) in [5, 5.41) is 2.81. The minimum absolute atomic E-state index is 0.0815. The Morgan fingerprint density at radius 1 is 1.70 bits per heavy atom. The highest BCUT2D eigenvalue weighted by Crippen LogP contribution is 2.32. The normalized spacial score (nSPS) is 31.0. The van der Waals surface area contributed by atoms with Gasteiger partial charge in [-0.2, -0.15) is 0 Å². The Bertz CT molecular complexity index is 132. The largest absolute Gasteiger partial charge is 0.356 e. The van der Waals surface area contributed by atoms with Crippen molar-refractivity contribution in [3.05, 3.63) is 0 Å². The fraction of sp³-hybridized carbons (Fsp3) is 0.857. The van der Waals surface area contributed by atoms with Gasteiger partial charge in [0.1, 0.15) is 0 Å². The van der Waals surface area contributed by atoms with Crippen LogP contribution in [0.1, 0.15) is 19.8 Å². The van der Waals surface area contributed by atoms with Gasteiger partial charge >= 0.3 is 0 Å². The predicted octanol–water partition coefficient (Wildman–Crippen LogP) is 1.30. The molecule has 1 saturated carbocycles. The van der Waals surface area contributed by atoms with E-state index in [1.807, 2.05) is 0 Å². The van der Waals surface area contributed by atoms with E-state index in [9.17, 15) is 4.79 Å². The van der Waals surface area contributed by atoms with Crippen molar-refractivity contribution in [2.75, 3.05) is 6.54 Å². The van der Waals surface area contributed by atoms with E-state index in [0.29, 0.717) is 10.7 Å². The van der Waals surface area contributed by atoms with Gasteiger partial charge in [-0.05, 0) is 18.8 Å². The highest BCUT2D eigenvalue weighted by molar-refractivity contribution is 9.09. The number of hydrogen-bond acceptors (Lipinski definition) is 1. The van der Waals surface area contributed by atoms with Gasteiger partial charge in [-0.1, -0.05) is 15.9 Å². The van der Waals surface area contributed by atoms with Gasteiger partial charge in [-0.15, -0.1) is 0 Å². The lowest BCUT2D eigenvalue weighted by molar-refractivity contribution is -0.119. The van der Waals surface area contributed by atoms with Crippen molar-refractivity contribution in [3.63, 3.8) is 0 Å². The van der Waals surface area contributed by atoms with Gasteiger partial charge in [0.05, 0.1) is 0 Å². The molecule has 1 aliphatic rings. The smallest absolute Gasteiger partial charge is 0.216 e. The van der Waals surface area contributed by atoms with E-state index in [4.69, 9.17) is 0 Å². The van der Waals surface area contributed by atoms with Crippen LogP contribution in [0.4, 0.5) is 0 Å². The molecule has 0 heterocycles. The molecule has 0 bridgehead atoms. The second-order valence-electron chi connectivity index (χ2n) is 2.87. The molecule has 1 N–H and O–H groups in total. The van der Waals surface area contributed by atoms with Gasteiger partial charge in [-0.25, -0.2) is 0 Å². The Balaban J connectivity index is 2.00. The standard InChI is InChI=1S/C7H12BrNO/c1-5(10)9-4-6-2-7(8)3-6/h6-7H,2-4H2,1H3,(H,9,10). The van der Waals surface area contributed by atoms with Crippen LogP contribution in [0.2, 0.25) is 0 Å². The topological polar surface area (TPSA) is 29.1 Å². The molecule has 0 saturated heterocycles. The van der Waals surface area contributed by atoms with E-state index in [-0.39, 0.29) is 5.91 Å². The van der Waals surface area contributed by atoms with Crippen LogP contribution in [-0.4, -0.2) is 17.3 Å². The van der Waals surface area contributed by atoms with Crippen LogP contribution in [0, 0.1) is 5.92 Å². The first-order chi connectivity index (χ1) is 4.68. The summed E-state index contributed by atoms with van der Waals surface area (Å²) in [4.78, 5) is 11.1. The lowest BCUT2D eigenvalue weighted by Crippen LogP contribution is -2.35. The van der Waals surface area contributed by atoms with E-state index in [1.165, 1.54) is 12.8 Å². The van der Waals surface area contributed by atoms with Crippen molar-refractivity contribution < 1.29 is 4.79 Å². The Morgan fingerprint density at radius 3 is 2.70 bits per heavy atom. The summed E-state index contributed by atoms with van der Waals surface area (Å²) in [6.07, 6.45) is 2.42. The van der Waals surface area contributed by atoms with Crippen LogP contribution >= 0.6 is 15.9 Å². The fourth-order valence-electron chi connectivity index (χ4n) is 1.11. The maximum absolute atomic E-state index is 10.4. The monoisotopic (exact) mass is 205 g/mol. The molecule has 3 heteroatoms. The number of alkyl halides is 1. The third-order valence-electron chi connectivity index (χ3n) is 1.82. The third kappa shape index (κ3) is 2.29. The van der Waals surface area contributed by atoms with Crippen molar-refractivity contribution in [3.8, 4) is 0 Å². The van der Waals surface area contributed by atoms with E-state index in [2.05, 4.69) is 21.2 Å². The van der Waals surface area contributed by atoms with Crippen LogP contribution in [0.3, 0.4) is 0 Å². The molecule has 0 aliphatic heterocycles. The van der Waals surface area contributed by atoms with Crippen LogP contribution in [0.5, 0.6) is 0 Å². The molecule has 0 aromatic carbocycles. The second kappa shape index (κ2) is 3.37. The molecule has 0 atom stereocenters. The Labute approximate surface area is 69.5 Å². The molecule has 1 amide bonds. The SMILES string of the molecule is CC(=O)NCC1CC(Br)C1. The van der Waals surface area contributed by atoms with Crippen molar-refractivity contribution >= 4 is 21.8 Å². The minimum Gasteiger partial charge on any atom is -0.356 e. The number of rotatable bonds is 2. The average Bonchev–Trinajstić information content (AvgIpc) is 1.77. The van der Waals surface area contributed by atoms with Gasteiger partial charge in [0, 0.05) is 18.3 Å². The zero-order chi connectivity index (χ0) is 7.56. The van der Waals surface area contributed by atoms with Crippen molar-refractivity contribution in [1.29, 1.82) is 0 Å². The summed E-state index contributed by atoms with van der Waals surface area (Å²) in [5.41, 5.74) is 0. The molecule has 1 rings (SSSR count). The Morgan fingerprint density at radius 2 is 2.30 bits per heavy atom. The molecule has 2 nitrogen and oxygen atoms in total. The van der Waals surface area contributed by atoms with Crippen molar-refractivity contribution in [2.45, 2.75) is 24.6 Å². The maximum atomic E-state index is 10.4. The zero-order valence-electron chi connectivity index (χ0n) is 6.06. The number of nitrogens with one attached hydrogen (secondary N) is 1. The van der Waals surface area contributed by atoms with Crippen LogP contribution in [-0.2, 0) is 4.79 Å². The summed E-state index contributed by atoms with van der Waals surface area (Å²) in [5.74, 6) is 0.797. The molecule has 0 radical (unpaired) electrons. The first kappa shape index (κ1) is 8.05. The number of hydrogen-bond donors (Lipinski definition) is 1. The van der Waals surface area contributed by atoms with Crippen molar-refractivity contribution in [1.82, 2.24) is 5.32 Å². The summed E-state index contributed by atoms with van der Waals surface area (Å²) < 4.78 is 0. The predicted molar refractivity (Wildman–Crippen MR) is 44.1 cm³/mol. The maximum Gasteiger partial charge on any atom is 0.216 e. The summed E-state index contributed by atoms with van der Waals surface area (Å²) in [6, 6.07) is 0. The first-order valence-electron chi connectivity index (χ1n) is 3.57. The molecular formula is C7H12BrNO. The quantitative estimate of drug-likeness (QED) is 0.678. The van der Waals surface area contributed by atoms with Crippen molar-refractivity contribution in [2.24, 2.45) is 5.92 Å². The highest BCUT2D eigenvalue weighted by atomic mass is 79.9. The molecule has 0 unspecified atom stereocenters. The Hall–Kier alpha value is -0.0500. The second-order valence-corrected chi connectivity index (χ2v) is 4.17. The molecule has 58 valence electrons. The highest BCUT2D eigenvalue weighted by Gasteiger charge is 2.26. The third-order valence-corrected chi connectivity index (χ3v) is 2.57. The summed E-state index contributed by atoms with van der Waals surface area (Å²) in [7, 11) is 0. The van der Waals surface area contributed by atoms with Gasteiger partial charge in [0.2, 0.25) is 5.91 Å². The molecular weight excluding hydrogens is 194 g/mol. The molecule has 10 heavy (non-hydrogen) atoms. The van der Waals surface area contributed by atoms with Crippen LogP contribution < -0.4 is 5.32 Å². The van der Waals surface area contributed by atoms with Crippen LogP contribution in [0.25, 0.3) is 0 Å². The first-order valence-corrected chi connectivity index (χ1v) is 4.48. The van der Waals surface area contributed by atoms with Gasteiger partial charge in [0.25, 0.3) is 0 Å². The number of amides is 1. The van der Waals surface area contributed by atoms with Crippen LogP contribution in [0.15, 0.2) is 0 Å². The number of halogens is 1. The lowest BCUT2D eigenvalue weighted by atomic mass is 9.85. The number of carbonyl (C=O) groups is 1. The van der Waals surface area contributed by atoms with E-state index < -0.39 is 0 Å². The van der Waals surface area contributed by atoms with Gasteiger partial charge < -0.3 is 5.32 Å². The molecule has 0 spiro atoms.